The number of likely N-dealkylation sites (tertiary alicyclic amines) is 1. The van der Waals surface area contributed by atoms with Crippen molar-refractivity contribution in [1.82, 2.24) is 4.90 Å². The van der Waals surface area contributed by atoms with Crippen LogP contribution in [0.2, 0.25) is 0 Å². The molecule has 27 heavy (non-hydrogen) atoms. The van der Waals surface area contributed by atoms with E-state index >= 15 is 0 Å². The molecule has 0 radical (unpaired) electrons. The van der Waals surface area contributed by atoms with Crippen LogP contribution in [0.15, 0.2) is 41.8 Å². The first-order chi connectivity index (χ1) is 13.0. The number of amides is 2. The number of carboxylic acid groups (broad SMARTS) is 1. The predicted octanol–water partition coefficient (Wildman–Crippen LogP) is 3.40. The molecule has 7 heteroatoms. The summed E-state index contributed by atoms with van der Waals surface area (Å²) >= 11 is 1.68. The van der Waals surface area contributed by atoms with Gasteiger partial charge in [-0.1, -0.05) is 12.1 Å². The van der Waals surface area contributed by atoms with Crippen molar-refractivity contribution in [2.45, 2.75) is 38.1 Å². The normalized spacial score (nSPS) is 16.3. The van der Waals surface area contributed by atoms with Crippen LogP contribution in [-0.2, 0) is 16.0 Å². The number of hydrogen-bond acceptors (Lipinski definition) is 4. The Labute approximate surface area is 161 Å². The van der Waals surface area contributed by atoms with E-state index in [1.54, 1.807) is 35.6 Å². The van der Waals surface area contributed by atoms with E-state index in [0.717, 1.165) is 12.8 Å². The van der Waals surface area contributed by atoms with Gasteiger partial charge in [-0.15, -0.1) is 11.3 Å². The molecular weight excluding hydrogens is 364 g/mol. The highest BCUT2D eigenvalue weighted by molar-refractivity contribution is 7.09. The molecule has 0 spiro atoms. The minimum absolute atomic E-state index is 0.0965. The summed E-state index contributed by atoms with van der Waals surface area (Å²) in [5, 5.41) is 14.1. The Balaban J connectivity index is 1.57. The lowest BCUT2D eigenvalue weighted by molar-refractivity contribution is -0.141. The van der Waals surface area contributed by atoms with Gasteiger partial charge in [0.25, 0.3) is 5.91 Å². The number of nitrogens with one attached hydrogen (secondary N) is 1. The van der Waals surface area contributed by atoms with Gasteiger partial charge in [0, 0.05) is 29.1 Å². The molecule has 1 aromatic heterocycles. The molecule has 1 aromatic carbocycles. The Morgan fingerprint density at radius 3 is 2.81 bits per heavy atom. The molecule has 0 saturated carbocycles. The van der Waals surface area contributed by atoms with Crippen LogP contribution in [-0.4, -0.2) is 40.4 Å². The summed E-state index contributed by atoms with van der Waals surface area (Å²) in [7, 11) is 0. The molecule has 1 aliphatic rings. The van der Waals surface area contributed by atoms with Crippen molar-refractivity contribution in [3.63, 3.8) is 0 Å². The number of carboxylic acids is 1. The van der Waals surface area contributed by atoms with E-state index in [2.05, 4.69) is 11.4 Å². The topological polar surface area (TPSA) is 86.7 Å². The maximum absolute atomic E-state index is 12.7. The third-order valence-corrected chi connectivity index (χ3v) is 5.54. The number of thiophene rings is 1. The van der Waals surface area contributed by atoms with Gasteiger partial charge >= 0.3 is 5.97 Å². The molecule has 1 atom stereocenters. The molecule has 2 amide bonds. The van der Waals surface area contributed by atoms with Crippen LogP contribution in [0.5, 0.6) is 0 Å². The van der Waals surface area contributed by atoms with E-state index in [1.165, 1.54) is 9.78 Å². The van der Waals surface area contributed by atoms with E-state index in [-0.39, 0.29) is 11.8 Å². The smallest absolute Gasteiger partial charge is 0.326 e. The first-order valence-electron chi connectivity index (χ1n) is 9.00. The number of aryl methyl sites for hydroxylation is 1. The van der Waals surface area contributed by atoms with Crippen molar-refractivity contribution in [1.29, 1.82) is 0 Å². The number of carbonyl (C=O) groups is 3. The largest absolute Gasteiger partial charge is 0.480 e. The zero-order chi connectivity index (χ0) is 19.2. The monoisotopic (exact) mass is 386 g/mol. The maximum Gasteiger partial charge on any atom is 0.326 e. The van der Waals surface area contributed by atoms with Crippen molar-refractivity contribution in [2.75, 3.05) is 11.9 Å². The highest BCUT2D eigenvalue weighted by atomic mass is 32.1. The SMILES string of the molecule is O=C(CCCc1cccs1)Nc1cccc(C(=O)N2CCC[C@H]2C(=O)O)c1. The molecule has 0 aliphatic carbocycles. The lowest BCUT2D eigenvalue weighted by Crippen LogP contribution is -2.40. The second-order valence-corrected chi connectivity index (χ2v) is 7.59. The number of benzene rings is 1. The second-order valence-electron chi connectivity index (χ2n) is 6.56. The fourth-order valence-corrected chi connectivity index (χ4v) is 4.02. The van der Waals surface area contributed by atoms with E-state index in [1.807, 2.05) is 11.4 Å². The standard InChI is InChI=1S/C20H22N2O4S/c23-18(10-2-7-16-8-4-12-27-16)21-15-6-1-5-14(13-15)19(24)22-11-3-9-17(22)20(25)26/h1,4-6,8,12-13,17H,2-3,7,9-11H2,(H,21,23)(H,25,26)/t17-/m0/s1. The minimum Gasteiger partial charge on any atom is -0.480 e. The second kappa shape index (κ2) is 8.81. The molecule has 2 N–H and O–H groups in total. The van der Waals surface area contributed by atoms with Crippen molar-refractivity contribution >= 4 is 34.8 Å². The van der Waals surface area contributed by atoms with Crippen LogP contribution in [0.3, 0.4) is 0 Å². The third kappa shape index (κ3) is 4.95. The Morgan fingerprint density at radius 1 is 1.22 bits per heavy atom. The molecule has 142 valence electrons. The van der Waals surface area contributed by atoms with Crippen molar-refractivity contribution < 1.29 is 19.5 Å². The third-order valence-electron chi connectivity index (χ3n) is 4.60. The van der Waals surface area contributed by atoms with Gasteiger partial charge in [0.15, 0.2) is 0 Å². The average molecular weight is 386 g/mol. The number of aliphatic carboxylic acids is 1. The van der Waals surface area contributed by atoms with Crippen LogP contribution < -0.4 is 5.32 Å². The Hall–Kier alpha value is -2.67. The number of anilines is 1. The van der Waals surface area contributed by atoms with Gasteiger partial charge in [-0.25, -0.2) is 4.79 Å². The number of rotatable bonds is 7. The van der Waals surface area contributed by atoms with Gasteiger partial charge in [-0.05, 0) is 55.3 Å². The van der Waals surface area contributed by atoms with Gasteiger partial charge < -0.3 is 15.3 Å². The lowest BCUT2D eigenvalue weighted by atomic mass is 10.1. The summed E-state index contributed by atoms with van der Waals surface area (Å²) < 4.78 is 0. The molecule has 0 bridgehead atoms. The summed E-state index contributed by atoms with van der Waals surface area (Å²) in [6, 6.07) is 9.96. The lowest BCUT2D eigenvalue weighted by Gasteiger charge is -2.21. The zero-order valence-corrected chi connectivity index (χ0v) is 15.7. The summed E-state index contributed by atoms with van der Waals surface area (Å²) in [5.41, 5.74) is 0.938. The van der Waals surface area contributed by atoms with Crippen molar-refractivity contribution in [3.8, 4) is 0 Å². The number of hydrogen-bond donors (Lipinski definition) is 2. The predicted molar refractivity (Wildman–Crippen MR) is 104 cm³/mol. The molecule has 1 aliphatic heterocycles. The van der Waals surface area contributed by atoms with Gasteiger partial charge in [0.2, 0.25) is 5.91 Å². The first kappa shape index (κ1) is 19.1. The molecular formula is C20H22N2O4S. The Kier molecular flexibility index (Phi) is 6.24. The summed E-state index contributed by atoms with van der Waals surface area (Å²) in [6.07, 6.45) is 3.20. The highest BCUT2D eigenvalue weighted by Crippen LogP contribution is 2.22. The minimum atomic E-state index is -0.976. The highest BCUT2D eigenvalue weighted by Gasteiger charge is 2.34. The van der Waals surface area contributed by atoms with E-state index in [0.29, 0.717) is 37.1 Å². The zero-order valence-electron chi connectivity index (χ0n) is 14.9. The molecule has 1 saturated heterocycles. The quantitative estimate of drug-likeness (QED) is 0.764. The van der Waals surface area contributed by atoms with Crippen LogP contribution >= 0.6 is 11.3 Å². The van der Waals surface area contributed by atoms with Crippen LogP contribution in [0.4, 0.5) is 5.69 Å². The van der Waals surface area contributed by atoms with Gasteiger partial charge in [-0.3, -0.25) is 9.59 Å². The molecule has 0 unspecified atom stereocenters. The number of carbonyl (C=O) groups excluding carboxylic acids is 2. The van der Waals surface area contributed by atoms with Crippen molar-refractivity contribution in [3.05, 3.63) is 52.2 Å². The van der Waals surface area contributed by atoms with E-state index in [4.69, 9.17) is 0 Å². The van der Waals surface area contributed by atoms with Gasteiger partial charge in [0.05, 0.1) is 0 Å². The van der Waals surface area contributed by atoms with Gasteiger partial charge in [-0.2, -0.15) is 0 Å². The summed E-state index contributed by atoms with van der Waals surface area (Å²) in [6.45, 7) is 0.440. The molecule has 1 fully saturated rings. The van der Waals surface area contributed by atoms with E-state index in [9.17, 15) is 19.5 Å². The number of nitrogens with zero attached hydrogens (tertiary/aromatic N) is 1. The van der Waals surface area contributed by atoms with Crippen LogP contribution in [0.1, 0.15) is 40.9 Å². The molecule has 2 heterocycles. The first-order valence-corrected chi connectivity index (χ1v) is 9.88. The van der Waals surface area contributed by atoms with Crippen LogP contribution in [0, 0.1) is 0 Å². The Morgan fingerprint density at radius 2 is 2.07 bits per heavy atom. The summed E-state index contributed by atoms with van der Waals surface area (Å²) in [5.74, 6) is -1.38. The molecule has 6 nitrogen and oxygen atoms in total. The maximum atomic E-state index is 12.7. The average Bonchev–Trinajstić information content (AvgIpc) is 3.33. The fourth-order valence-electron chi connectivity index (χ4n) is 3.26. The molecule has 3 rings (SSSR count). The van der Waals surface area contributed by atoms with Crippen molar-refractivity contribution in [2.24, 2.45) is 0 Å². The summed E-state index contributed by atoms with van der Waals surface area (Å²) in [4.78, 5) is 38.7. The van der Waals surface area contributed by atoms with Gasteiger partial charge in [0.1, 0.15) is 6.04 Å². The van der Waals surface area contributed by atoms with Crippen LogP contribution in [0.25, 0.3) is 0 Å². The fraction of sp³-hybridized carbons (Fsp3) is 0.350. The molecule has 2 aromatic rings. The van der Waals surface area contributed by atoms with E-state index < -0.39 is 12.0 Å². The Bertz CT molecular complexity index is 819.